The highest BCUT2D eigenvalue weighted by Crippen LogP contribution is 2.13. The predicted molar refractivity (Wildman–Crippen MR) is 84.6 cm³/mol. The molecule has 0 fully saturated rings. The van der Waals surface area contributed by atoms with Crippen LogP contribution in [0, 0.1) is 11.6 Å². The molecule has 0 aromatic heterocycles. The number of nitrogens with one attached hydrogen (secondary N) is 1. The van der Waals surface area contributed by atoms with Gasteiger partial charge in [-0.1, -0.05) is 36.4 Å². The van der Waals surface area contributed by atoms with E-state index >= 15 is 0 Å². The highest BCUT2D eigenvalue weighted by molar-refractivity contribution is 5.91. The normalized spacial score (nSPS) is 12.3. The maximum atomic E-state index is 13.4. The van der Waals surface area contributed by atoms with E-state index in [-0.39, 0.29) is 12.1 Å². The van der Waals surface area contributed by atoms with Crippen LogP contribution in [0.3, 0.4) is 0 Å². The van der Waals surface area contributed by atoms with Crippen LogP contribution >= 0.6 is 0 Å². The lowest BCUT2D eigenvalue weighted by molar-refractivity contribution is -0.116. The van der Waals surface area contributed by atoms with Crippen molar-refractivity contribution >= 4 is 12.0 Å². The predicted octanol–water partition coefficient (Wildman–Crippen LogP) is 2.70. The lowest BCUT2D eigenvalue weighted by atomic mass is 10.1. The highest BCUT2D eigenvalue weighted by atomic mass is 19.1. The van der Waals surface area contributed by atoms with Crippen LogP contribution in [0.25, 0.3) is 6.08 Å². The summed E-state index contributed by atoms with van der Waals surface area (Å²) in [5, 5.41) is 12.4. The van der Waals surface area contributed by atoms with Crippen LogP contribution in [-0.4, -0.2) is 23.7 Å². The van der Waals surface area contributed by atoms with E-state index in [9.17, 15) is 18.7 Å². The van der Waals surface area contributed by atoms with Crippen LogP contribution in [0.15, 0.2) is 54.6 Å². The summed E-state index contributed by atoms with van der Waals surface area (Å²) < 4.78 is 26.8. The molecule has 0 aliphatic carbocycles. The van der Waals surface area contributed by atoms with Gasteiger partial charge in [-0.3, -0.25) is 4.79 Å². The molecule has 5 heteroatoms. The smallest absolute Gasteiger partial charge is 0.244 e. The number of benzene rings is 2. The molecule has 0 heterocycles. The van der Waals surface area contributed by atoms with Gasteiger partial charge in [0.2, 0.25) is 5.91 Å². The van der Waals surface area contributed by atoms with E-state index in [0.717, 1.165) is 29.8 Å². The number of aliphatic hydroxyl groups is 1. The number of rotatable bonds is 6. The van der Waals surface area contributed by atoms with Gasteiger partial charge in [-0.25, -0.2) is 8.78 Å². The van der Waals surface area contributed by atoms with Crippen molar-refractivity contribution in [1.29, 1.82) is 0 Å². The van der Waals surface area contributed by atoms with Gasteiger partial charge in [-0.15, -0.1) is 0 Å². The monoisotopic (exact) mass is 317 g/mol. The molecule has 0 spiro atoms. The van der Waals surface area contributed by atoms with Gasteiger partial charge in [0.05, 0.1) is 6.10 Å². The Labute approximate surface area is 133 Å². The van der Waals surface area contributed by atoms with Crippen LogP contribution in [0.1, 0.15) is 11.1 Å². The van der Waals surface area contributed by atoms with E-state index in [1.54, 1.807) is 0 Å². The second-order valence-corrected chi connectivity index (χ2v) is 5.06. The Bertz CT molecular complexity index is 666. The van der Waals surface area contributed by atoms with Gasteiger partial charge in [-0.2, -0.15) is 0 Å². The molecule has 0 bridgehead atoms. The van der Waals surface area contributed by atoms with Crippen molar-refractivity contribution in [1.82, 2.24) is 5.32 Å². The quantitative estimate of drug-likeness (QED) is 0.805. The summed E-state index contributed by atoms with van der Waals surface area (Å²) in [5.74, 6) is -2.00. The Morgan fingerprint density at radius 2 is 1.74 bits per heavy atom. The van der Waals surface area contributed by atoms with Gasteiger partial charge in [0, 0.05) is 24.6 Å². The SMILES string of the molecule is O=C(/C=C/c1c(F)cccc1F)NCC(O)Cc1ccccc1. The molecule has 0 aliphatic heterocycles. The van der Waals surface area contributed by atoms with Gasteiger partial charge in [-0.05, 0) is 23.8 Å². The molecule has 2 N–H and O–H groups in total. The van der Waals surface area contributed by atoms with Crippen LogP contribution in [0.4, 0.5) is 8.78 Å². The molecule has 2 rings (SSSR count). The number of hydrogen-bond donors (Lipinski definition) is 2. The van der Waals surface area contributed by atoms with Crippen LogP contribution in [0.2, 0.25) is 0 Å². The van der Waals surface area contributed by atoms with Crippen molar-refractivity contribution in [2.24, 2.45) is 0 Å². The van der Waals surface area contributed by atoms with E-state index in [1.807, 2.05) is 30.3 Å². The standard InChI is InChI=1S/C18H17F2NO2/c19-16-7-4-8-17(20)15(16)9-10-18(23)21-12-14(22)11-13-5-2-1-3-6-13/h1-10,14,22H,11-12H2,(H,21,23)/b10-9+. The first-order valence-electron chi connectivity index (χ1n) is 7.18. The van der Waals surface area contributed by atoms with E-state index in [0.29, 0.717) is 6.42 Å². The number of aliphatic hydroxyl groups excluding tert-OH is 1. The fraction of sp³-hybridized carbons (Fsp3) is 0.167. The van der Waals surface area contributed by atoms with Crippen molar-refractivity contribution in [3.63, 3.8) is 0 Å². The zero-order valence-electron chi connectivity index (χ0n) is 12.4. The summed E-state index contributed by atoms with van der Waals surface area (Å²) in [5.41, 5.74) is 0.686. The van der Waals surface area contributed by atoms with Gasteiger partial charge in [0.25, 0.3) is 0 Å². The van der Waals surface area contributed by atoms with E-state index in [1.165, 1.54) is 6.07 Å². The summed E-state index contributed by atoms with van der Waals surface area (Å²) >= 11 is 0. The topological polar surface area (TPSA) is 49.3 Å². The molecule has 1 amide bonds. The molecule has 3 nitrogen and oxygen atoms in total. The van der Waals surface area contributed by atoms with Gasteiger partial charge in [0.15, 0.2) is 0 Å². The molecule has 0 radical (unpaired) electrons. The number of carbonyl (C=O) groups excluding carboxylic acids is 1. The van der Waals surface area contributed by atoms with Crippen LogP contribution < -0.4 is 5.32 Å². The summed E-state index contributed by atoms with van der Waals surface area (Å²) in [7, 11) is 0. The van der Waals surface area contributed by atoms with Crippen molar-refractivity contribution in [3.8, 4) is 0 Å². The molecule has 0 saturated carbocycles. The first kappa shape index (κ1) is 16.8. The third-order valence-electron chi connectivity index (χ3n) is 3.23. The molecule has 2 aromatic rings. The van der Waals surface area contributed by atoms with E-state index in [4.69, 9.17) is 0 Å². The minimum Gasteiger partial charge on any atom is -0.391 e. The Morgan fingerprint density at radius 1 is 1.09 bits per heavy atom. The summed E-state index contributed by atoms with van der Waals surface area (Å²) in [4.78, 5) is 11.6. The summed E-state index contributed by atoms with van der Waals surface area (Å²) in [6, 6.07) is 12.9. The number of hydrogen-bond acceptors (Lipinski definition) is 2. The fourth-order valence-corrected chi connectivity index (χ4v) is 2.06. The van der Waals surface area contributed by atoms with Crippen molar-refractivity contribution in [2.45, 2.75) is 12.5 Å². The molecule has 0 aliphatic rings. The van der Waals surface area contributed by atoms with Crippen molar-refractivity contribution in [2.75, 3.05) is 6.54 Å². The molecule has 1 atom stereocenters. The number of halogens is 2. The second-order valence-electron chi connectivity index (χ2n) is 5.06. The minimum absolute atomic E-state index is 0.0534. The fourth-order valence-electron chi connectivity index (χ4n) is 2.06. The van der Waals surface area contributed by atoms with Gasteiger partial charge < -0.3 is 10.4 Å². The summed E-state index contributed by atoms with van der Waals surface area (Å²) in [6.07, 6.45) is 1.78. The first-order valence-corrected chi connectivity index (χ1v) is 7.18. The number of amides is 1. The van der Waals surface area contributed by atoms with Gasteiger partial charge >= 0.3 is 0 Å². The maximum absolute atomic E-state index is 13.4. The molecule has 23 heavy (non-hydrogen) atoms. The molecule has 120 valence electrons. The van der Waals surface area contributed by atoms with Crippen LogP contribution in [0.5, 0.6) is 0 Å². The summed E-state index contributed by atoms with van der Waals surface area (Å²) in [6.45, 7) is 0.0534. The number of carbonyl (C=O) groups is 1. The molecule has 0 saturated heterocycles. The first-order chi connectivity index (χ1) is 11.1. The van der Waals surface area contributed by atoms with E-state index < -0.39 is 23.6 Å². The molecule has 1 unspecified atom stereocenters. The Hall–Kier alpha value is -2.53. The highest BCUT2D eigenvalue weighted by Gasteiger charge is 2.08. The Balaban J connectivity index is 1.84. The lowest BCUT2D eigenvalue weighted by Gasteiger charge is -2.10. The molecular weight excluding hydrogens is 300 g/mol. The third kappa shape index (κ3) is 5.30. The third-order valence-corrected chi connectivity index (χ3v) is 3.23. The average molecular weight is 317 g/mol. The zero-order valence-corrected chi connectivity index (χ0v) is 12.4. The van der Waals surface area contributed by atoms with E-state index in [2.05, 4.69) is 5.32 Å². The van der Waals surface area contributed by atoms with Crippen LogP contribution in [-0.2, 0) is 11.2 Å². The van der Waals surface area contributed by atoms with Crippen molar-refractivity contribution in [3.05, 3.63) is 77.4 Å². The Kier molecular flexibility index (Phi) is 6.00. The molecule has 2 aromatic carbocycles. The zero-order chi connectivity index (χ0) is 16.7. The largest absolute Gasteiger partial charge is 0.391 e. The second kappa shape index (κ2) is 8.19. The van der Waals surface area contributed by atoms with Gasteiger partial charge in [0.1, 0.15) is 11.6 Å². The molecular formula is C18H17F2NO2. The van der Waals surface area contributed by atoms with Crippen molar-refractivity contribution < 1.29 is 18.7 Å². The minimum atomic E-state index is -0.738. The average Bonchev–Trinajstić information content (AvgIpc) is 2.53. The Morgan fingerprint density at radius 3 is 2.39 bits per heavy atom. The lowest BCUT2D eigenvalue weighted by Crippen LogP contribution is -2.32. The maximum Gasteiger partial charge on any atom is 0.244 e.